The summed E-state index contributed by atoms with van der Waals surface area (Å²) in [5.41, 5.74) is -0.333. The molecule has 3 aromatic rings. The van der Waals surface area contributed by atoms with Crippen LogP contribution >= 0.6 is 27.3 Å². The van der Waals surface area contributed by atoms with Crippen LogP contribution in [0.5, 0.6) is 5.75 Å². The number of benzene rings is 1. The van der Waals surface area contributed by atoms with Gasteiger partial charge in [0.05, 0.1) is 5.69 Å². The molecule has 0 spiro atoms. The Hall–Kier alpha value is -2.52. The average Bonchev–Trinajstić information content (AvgIpc) is 3.01. The van der Waals surface area contributed by atoms with Gasteiger partial charge in [-0.1, -0.05) is 15.9 Å². The van der Waals surface area contributed by atoms with Gasteiger partial charge in [-0.25, -0.2) is 4.98 Å². The summed E-state index contributed by atoms with van der Waals surface area (Å²) >= 11 is 4.53. The number of anilines is 1. The SMILES string of the molecule is O=C(Nc1nccs1)c1nn(-c2ccc(Br)cc2)c(=O)cc1O. The molecule has 0 unspecified atom stereocenters. The first-order valence-corrected chi connectivity index (χ1v) is 8.02. The Morgan fingerprint density at radius 3 is 2.70 bits per heavy atom. The molecule has 2 heterocycles. The summed E-state index contributed by atoms with van der Waals surface area (Å²) in [4.78, 5) is 28.1. The number of carbonyl (C=O) groups excluding carboxylic acids is 1. The van der Waals surface area contributed by atoms with Crippen molar-refractivity contribution >= 4 is 38.3 Å². The fourth-order valence-electron chi connectivity index (χ4n) is 1.82. The molecule has 0 aliphatic rings. The molecule has 0 saturated heterocycles. The number of amides is 1. The second-order valence-corrected chi connectivity index (χ2v) is 6.21. The lowest BCUT2D eigenvalue weighted by Gasteiger charge is -2.08. The molecule has 9 heteroatoms. The maximum Gasteiger partial charge on any atom is 0.281 e. The van der Waals surface area contributed by atoms with Gasteiger partial charge in [0.2, 0.25) is 0 Å². The van der Waals surface area contributed by atoms with Crippen molar-refractivity contribution in [3.05, 3.63) is 62.4 Å². The number of hydrogen-bond acceptors (Lipinski definition) is 6. The Morgan fingerprint density at radius 1 is 1.30 bits per heavy atom. The molecule has 7 nitrogen and oxygen atoms in total. The van der Waals surface area contributed by atoms with Crippen LogP contribution in [0.25, 0.3) is 5.69 Å². The fourth-order valence-corrected chi connectivity index (χ4v) is 2.61. The maximum atomic E-state index is 12.2. The number of rotatable bonds is 3. The van der Waals surface area contributed by atoms with Crippen LogP contribution in [0.2, 0.25) is 0 Å². The number of hydrogen-bond donors (Lipinski definition) is 2. The van der Waals surface area contributed by atoms with E-state index in [4.69, 9.17) is 0 Å². The first kappa shape index (κ1) is 15.4. The molecule has 1 amide bonds. The van der Waals surface area contributed by atoms with Crippen LogP contribution < -0.4 is 10.9 Å². The number of nitrogens with zero attached hydrogens (tertiary/aromatic N) is 3. The van der Waals surface area contributed by atoms with E-state index in [0.29, 0.717) is 10.8 Å². The smallest absolute Gasteiger partial charge is 0.281 e. The quantitative estimate of drug-likeness (QED) is 0.713. The lowest BCUT2D eigenvalue weighted by molar-refractivity contribution is 0.101. The van der Waals surface area contributed by atoms with Crippen LogP contribution in [0, 0.1) is 0 Å². The monoisotopic (exact) mass is 392 g/mol. The summed E-state index contributed by atoms with van der Waals surface area (Å²) in [7, 11) is 0. The number of aromatic hydroxyl groups is 1. The minimum atomic E-state index is -0.650. The number of nitrogens with one attached hydrogen (secondary N) is 1. The third-order valence-corrected chi connectivity index (χ3v) is 4.07. The minimum Gasteiger partial charge on any atom is -0.505 e. The van der Waals surface area contributed by atoms with Gasteiger partial charge in [-0.3, -0.25) is 14.9 Å². The molecule has 0 bridgehead atoms. The maximum absolute atomic E-state index is 12.2. The third-order valence-electron chi connectivity index (χ3n) is 2.85. The van der Waals surface area contributed by atoms with Gasteiger partial charge in [0.15, 0.2) is 16.6 Å². The second kappa shape index (κ2) is 6.31. The molecular weight excluding hydrogens is 384 g/mol. The summed E-state index contributed by atoms with van der Waals surface area (Å²) in [5, 5.41) is 18.4. The zero-order valence-electron chi connectivity index (χ0n) is 11.4. The van der Waals surface area contributed by atoms with Crippen LogP contribution in [0.3, 0.4) is 0 Å². The highest BCUT2D eigenvalue weighted by Gasteiger charge is 2.17. The zero-order valence-corrected chi connectivity index (χ0v) is 13.8. The van der Waals surface area contributed by atoms with E-state index in [-0.39, 0.29) is 5.69 Å². The standard InChI is InChI=1S/C14H9BrN4O3S/c15-8-1-3-9(4-2-8)19-11(21)7-10(20)12(18-19)13(22)17-14-16-5-6-23-14/h1-7,20H,(H,16,17,22). The van der Waals surface area contributed by atoms with Crippen LogP contribution in [-0.4, -0.2) is 25.8 Å². The molecular formula is C14H9BrN4O3S. The van der Waals surface area contributed by atoms with Crippen molar-refractivity contribution in [2.24, 2.45) is 0 Å². The van der Waals surface area contributed by atoms with Crippen molar-refractivity contribution in [2.45, 2.75) is 0 Å². The molecule has 0 atom stereocenters. The van der Waals surface area contributed by atoms with Gasteiger partial charge in [-0.05, 0) is 24.3 Å². The lowest BCUT2D eigenvalue weighted by Crippen LogP contribution is -2.25. The molecule has 0 fully saturated rings. The van der Waals surface area contributed by atoms with Crippen molar-refractivity contribution in [2.75, 3.05) is 5.32 Å². The molecule has 2 aromatic heterocycles. The zero-order chi connectivity index (χ0) is 16.4. The molecule has 0 aliphatic heterocycles. The first-order valence-electron chi connectivity index (χ1n) is 6.35. The van der Waals surface area contributed by atoms with Gasteiger partial charge < -0.3 is 5.11 Å². The van der Waals surface area contributed by atoms with Gasteiger partial charge >= 0.3 is 0 Å². The molecule has 3 rings (SSSR count). The Morgan fingerprint density at radius 2 is 2.04 bits per heavy atom. The van der Waals surface area contributed by atoms with Crippen LogP contribution in [0.1, 0.15) is 10.5 Å². The normalized spacial score (nSPS) is 10.5. The van der Waals surface area contributed by atoms with Gasteiger partial charge in [0.1, 0.15) is 0 Å². The van der Waals surface area contributed by atoms with Gasteiger partial charge in [-0.2, -0.15) is 9.78 Å². The Labute approximate surface area is 142 Å². The topological polar surface area (TPSA) is 97.1 Å². The van der Waals surface area contributed by atoms with E-state index in [2.05, 4.69) is 31.3 Å². The average molecular weight is 393 g/mol. The van der Waals surface area contributed by atoms with E-state index in [0.717, 1.165) is 15.2 Å². The van der Waals surface area contributed by atoms with Crippen LogP contribution in [-0.2, 0) is 0 Å². The van der Waals surface area contributed by atoms with Gasteiger partial charge in [0, 0.05) is 22.1 Å². The van der Waals surface area contributed by atoms with E-state index in [9.17, 15) is 14.7 Å². The first-order chi connectivity index (χ1) is 11.0. The molecule has 0 aliphatic carbocycles. The highest BCUT2D eigenvalue weighted by atomic mass is 79.9. The Kier molecular flexibility index (Phi) is 4.22. The summed E-state index contributed by atoms with van der Waals surface area (Å²) in [6.07, 6.45) is 1.54. The Bertz CT molecular complexity index is 907. The molecule has 1 aromatic carbocycles. The highest BCUT2D eigenvalue weighted by Crippen LogP contribution is 2.17. The van der Waals surface area contributed by atoms with Crippen molar-refractivity contribution in [1.82, 2.24) is 14.8 Å². The summed E-state index contributed by atoms with van der Waals surface area (Å²) in [5.74, 6) is -1.14. The Balaban J connectivity index is 2.01. The van der Waals surface area contributed by atoms with E-state index >= 15 is 0 Å². The summed E-state index contributed by atoms with van der Waals surface area (Å²) in [6, 6.07) is 7.76. The van der Waals surface area contributed by atoms with Crippen molar-refractivity contribution < 1.29 is 9.90 Å². The highest BCUT2D eigenvalue weighted by molar-refractivity contribution is 9.10. The number of thiazole rings is 1. The van der Waals surface area contributed by atoms with Crippen molar-refractivity contribution in [1.29, 1.82) is 0 Å². The van der Waals surface area contributed by atoms with Gasteiger partial charge in [-0.15, -0.1) is 11.3 Å². The largest absolute Gasteiger partial charge is 0.505 e. The summed E-state index contributed by atoms with van der Waals surface area (Å²) < 4.78 is 1.89. The molecule has 0 radical (unpaired) electrons. The van der Waals surface area contributed by atoms with Crippen molar-refractivity contribution in [3.8, 4) is 11.4 Å². The number of carbonyl (C=O) groups is 1. The van der Waals surface area contributed by atoms with Gasteiger partial charge in [0.25, 0.3) is 11.5 Å². The van der Waals surface area contributed by atoms with E-state index in [1.165, 1.54) is 17.5 Å². The minimum absolute atomic E-state index is 0.261. The summed E-state index contributed by atoms with van der Waals surface area (Å²) in [6.45, 7) is 0. The third kappa shape index (κ3) is 3.30. The number of aromatic nitrogens is 3. The molecule has 116 valence electrons. The predicted octanol–water partition coefficient (Wildman–Crippen LogP) is 2.41. The van der Waals surface area contributed by atoms with Crippen LogP contribution in [0.4, 0.5) is 5.13 Å². The van der Waals surface area contributed by atoms with E-state index in [1.54, 1.807) is 29.6 Å². The van der Waals surface area contributed by atoms with E-state index in [1.807, 2.05) is 0 Å². The lowest BCUT2D eigenvalue weighted by atomic mass is 10.3. The fraction of sp³-hybridized carbons (Fsp3) is 0. The molecule has 2 N–H and O–H groups in total. The number of halogens is 1. The van der Waals surface area contributed by atoms with Crippen LogP contribution in [0.15, 0.2) is 51.2 Å². The second-order valence-electron chi connectivity index (χ2n) is 4.40. The van der Waals surface area contributed by atoms with E-state index < -0.39 is 17.2 Å². The van der Waals surface area contributed by atoms with Crippen molar-refractivity contribution in [3.63, 3.8) is 0 Å². The molecule has 0 saturated carbocycles. The molecule has 23 heavy (non-hydrogen) atoms. The predicted molar refractivity (Wildman–Crippen MR) is 89.3 cm³/mol.